The average Bonchev–Trinajstić information content (AvgIpc) is 3.95. The number of piperidine rings is 1. The van der Waals surface area contributed by atoms with Gasteiger partial charge in [-0.25, -0.2) is 0 Å². The second-order valence-corrected chi connectivity index (χ2v) is 15.8. The van der Waals surface area contributed by atoms with Crippen molar-refractivity contribution in [3.05, 3.63) is 71.0 Å². The van der Waals surface area contributed by atoms with Crippen LogP contribution < -0.4 is 20.4 Å². The van der Waals surface area contributed by atoms with Crippen LogP contribution in [0.2, 0.25) is 0 Å². The van der Waals surface area contributed by atoms with Gasteiger partial charge in [0.05, 0.1) is 40.2 Å². The Morgan fingerprint density at radius 3 is 2.27 bits per heavy atom. The van der Waals surface area contributed by atoms with Crippen molar-refractivity contribution in [3.8, 4) is 6.07 Å². The van der Waals surface area contributed by atoms with Gasteiger partial charge >= 0.3 is 6.18 Å². The number of fused-ring (bicyclic) bond motifs is 2. The van der Waals surface area contributed by atoms with Crippen LogP contribution in [0.3, 0.4) is 0 Å². The average molecular weight is 772 g/mol. The van der Waals surface area contributed by atoms with E-state index in [0.717, 1.165) is 80.5 Å². The quantitative estimate of drug-likeness (QED) is 0.340. The van der Waals surface area contributed by atoms with Crippen molar-refractivity contribution in [3.63, 3.8) is 0 Å². The summed E-state index contributed by atoms with van der Waals surface area (Å²) in [6.45, 7) is 8.19. The maximum Gasteiger partial charge on any atom is 0.417 e. The van der Waals surface area contributed by atoms with Gasteiger partial charge in [0.2, 0.25) is 11.8 Å². The molecule has 3 saturated heterocycles. The first kappa shape index (κ1) is 37.2. The van der Waals surface area contributed by atoms with Crippen LogP contribution in [0.25, 0.3) is 0 Å². The molecular formula is C39H40F3N9O5. The Morgan fingerprint density at radius 2 is 1.61 bits per heavy atom. The van der Waals surface area contributed by atoms with E-state index in [2.05, 4.69) is 30.4 Å². The zero-order valence-electron chi connectivity index (χ0n) is 30.8. The number of alkyl halides is 3. The van der Waals surface area contributed by atoms with Crippen LogP contribution in [0.15, 0.2) is 48.8 Å². The van der Waals surface area contributed by atoms with Crippen molar-refractivity contribution >= 4 is 46.6 Å². The number of nitrogens with zero attached hydrogens (tertiary/aromatic N) is 7. The molecule has 3 aromatic rings. The molecule has 17 heteroatoms. The number of carbonyl (C=O) groups is 5. The SMILES string of the molecule is CC(C)(C(=O)Nc1ccc(C#N)c(C(F)(F)F)c1)n1cc(N2CC3CC(N4CCN(c5ccc6c(c5)C(=O)N(C5CCC(=O)NC5=O)C6=O)CC4)CC3C2)cn1. The molecule has 0 radical (unpaired) electrons. The van der Waals surface area contributed by atoms with Gasteiger partial charge in [-0.1, -0.05) is 0 Å². The Hall–Kier alpha value is -5.76. The molecule has 56 heavy (non-hydrogen) atoms. The third kappa shape index (κ3) is 6.55. The fourth-order valence-corrected chi connectivity index (χ4v) is 8.90. The highest BCUT2D eigenvalue weighted by molar-refractivity contribution is 6.23. The van der Waals surface area contributed by atoms with E-state index in [4.69, 9.17) is 5.26 Å². The molecule has 3 unspecified atom stereocenters. The number of imide groups is 2. The van der Waals surface area contributed by atoms with Gasteiger partial charge in [-0.2, -0.15) is 23.5 Å². The van der Waals surface area contributed by atoms with Gasteiger partial charge < -0.3 is 15.1 Å². The zero-order chi connectivity index (χ0) is 39.7. The lowest BCUT2D eigenvalue weighted by molar-refractivity contribution is -0.138. The van der Waals surface area contributed by atoms with Gasteiger partial charge in [0, 0.05) is 69.3 Å². The number of nitriles is 1. The molecule has 8 rings (SSSR count). The number of benzene rings is 2. The third-order valence-electron chi connectivity index (χ3n) is 12.1. The Morgan fingerprint density at radius 1 is 0.911 bits per heavy atom. The maximum atomic E-state index is 13.5. The minimum atomic E-state index is -4.74. The molecule has 5 aliphatic rings. The highest BCUT2D eigenvalue weighted by atomic mass is 19.4. The second-order valence-electron chi connectivity index (χ2n) is 15.8. The van der Waals surface area contributed by atoms with E-state index in [1.807, 2.05) is 6.07 Å². The summed E-state index contributed by atoms with van der Waals surface area (Å²) >= 11 is 0. The third-order valence-corrected chi connectivity index (χ3v) is 12.1. The lowest BCUT2D eigenvalue weighted by Crippen LogP contribution is -2.54. The Balaban J connectivity index is 0.840. The number of rotatable bonds is 7. The first-order valence-electron chi connectivity index (χ1n) is 18.7. The molecular weight excluding hydrogens is 731 g/mol. The molecule has 2 aromatic carbocycles. The van der Waals surface area contributed by atoms with E-state index in [9.17, 15) is 37.1 Å². The van der Waals surface area contributed by atoms with Crippen molar-refractivity contribution < 1.29 is 37.1 Å². The number of amides is 5. The minimum Gasteiger partial charge on any atom is -0.369 e. The number of hydrogen-bond donors (Lipinski definition) is 2. The molecule has 2 N–H and O–H groups in total. The molecule has 14 nitrogen and oxygen atoms in total. The van der Waals surface area contributed by atoms with Crippen LogP contribution in [0, 0.1) is 23.2 Å². The zero-order valence-corrected chi connectivity index (χ0v) is 30.8. The molecule has 0 spiro atoms. The largest absolute Gasteiger partial charge is 0.417 e. The smallest absolute Gasteiger partial charge is 0.369 e. The molecule has 4 fully saturated rings. The van der Waals surface area contributed by atoms with Crippen molar-refractivity contribution in [1.29, 1.82) is 5.26 Å². The van der Waals surface area contributed by atoms with Crippen molar-refractivity contribution in [1.82, 2.24) is 24.9 Å². The standard InChI is InChI=1S/C39H40F3N9O5/c1-38(2,37(56)45-25-4-3-22(17-43)31(15-25)39(40,41)42)50-21-28(18-44-50)49-19-23-13-27(14-24(23)20-49)48-11-9-47(10-12-48)26-5-6-29-30(16-26)36(55)51(35(29)54)32-7-8-33(52)46-34(32)53/h3-6,15-16,18,21,23-24,27,32H,7-14,19-20H2,1-2H3,(H,45,56)(H,46,52,53). The highest BCUT2D eigenvalue weighted by Crippen LogP contribution is 2.42. The van der Waals surface area contributed by atoms with Crippen LogP contribution in [0.4, 0.5) is 30.2 Å². The highest BCUT2D eigenvalue weighted by Gasteiger charge is 2.46. The van der Waals surface area contributed by atoms with E-state index in [1.54, 1.807) is 38.4 Å². The molecule has 5 amide bonds. The number of anilines is 3. The summed E-state index contributed by atoms with van der Waals surface area (Å²) in [6.07, 6.45) is 1.06. The van der Waals surface area contributed by atoms with E-state index < -0.39 is 58.4 Å². The lowest BCUT2D eigenvalue weighted by atomic mass is 10.0. The van der Waals surface area contributed by atoms with Crippen molar-refractivity contribution in [2.24, 2.45) is 11.8 Å². The van der Waals surface area contributed by atoms with Gasteiger partial charge in [-0.05, 0) is 81.3 Å². The van der Waals surface area contributed by atoms with Crippen molar-refractivity contribution in [2.75, 3.05) is 54.4 Å². The van der Waals surface area contributed by atoms with Crippen LogP contribution >= 0.6 is 0 Å². The Bertz CT molecular complexity index is 2170. The van der Waals surface area contributed by atoms with E-state index >= 15 is 0 Å². The van der Waals surface area contributed by atoms with Crippen LogP contribution in [0.1, 0.15) is 71.4 Å². The van der Waals surface area contributed by atoms with Gasteiger partial charge in [-0.15, -0.1) is 0 Å². The van der Waals surface area contributed by atoms with Crippen LogP contribution in [-0.4, -0.2) is 100 Å². The monoisotopic (exact) mass is 771 g/mol. The molecule has 3 atom stereocenters. The van der Waals surface area contributed by atoms with Gasteiger partial charge in [0.25, 0.3) is 17.7 Å². The van der Waals surface area contributed by atoms with Crippen LogP contribution in [0.5, 0.6) is 0 Å². The number of nitrogens with one attached hydrogen (secondary N) is 2. The first-order valence-corrected chi connectivity index (χ1v) is 18.7. The summed E-state index contributed by atoms with van der Waals surface area (Å²) in [7, 11) is 0. The molecule has 1 saturated carbocycles. The summed E-state index contributed by atoms with van der Waals surface area (Å²) in [4.78, 5) is 71.8. The second kappa shape index (κ2) is 13.8. The molecule has 0 bridgehead atoms. The summed E-state index contributed by atoms with van der Waals surface area (Å²) in [5.41, 5.74) is -0.670. The van der Waals surface area contributed by atoms with E-state index in [-0.39, 0.29) is 29.7 Å². The summed E-state index contributed by atoms with van der Waals surface area (Å²) < 4.78 is 42.0. The Kier molecular flexibility index (Phi) is 9.14. The number of carbonyl (C=O) groups excluding carboxylic acids is 5. The van der Waals surface area contributed by atoms with Crippen LogP contribution in [-0.2, 0) is 26.1 Å². The van der Waals surface area contributed by atoms with E-state index in [0.29, 0.717) is 17.9 Å². The molecule has 4 aliphatic heterocycles. The predicted octanol–water partition coefficient (Wildman–Crippen LogP) is 3.59. The summed E-state index contributed by atoms with van der Waals surface area (Å²) in [5.74, 6) is -1.65. The van der Waals surface area contributed by atoms with E-state index in [1.165, 1.54) is 16.8 Å². The fraction of sp³-hybridized carbons (Fsp3) is 0.462. The number of halogens is 3. The number of hydrogen-bond acceptors (Lipinski definition) is 10. The number of aromatic nitrogens is 2. The Labute approximate surface area is 320 Å². The normalized spacial score (nSPS) is 24.3. The van der Waals surface area contributed by atoms with Gasteiger partial charge in [0.15, 0.2) is 0 Å². The maximum absolute atomic E-state index is 13.5. The molecule has 1 aliphatic carbocycles. The topological polar surface area (TPSA) is 164 Å². The predicted molar refractivity (Wildman–Crippen MR) is 195 cm³/mol. The number of piperazine rings is 1. The fourth-order valence-electron chi connectivity index (χ4n) is 8.90. The first-order chi connectivity index (χ1) is 26.6. The summed E-state index contributed by atoms with van der Waals surface area (Å²) in [6, 6.07) is 9.30. The minimum absolute atomic E-state index is 0.0670. The molecule has 1 aromatic heterocycles. The summed E-state index contributed by atoms with van der Waals surface area (Å²) in [5, 5.41) is 18.3. The van der Waals surface area contributed by atoms with Gasteiger partial charge in [0.1, 0.15) is 11.6 Å². The lowest BCUT2D eigenvalue weighted by Gasteiger charge is -2.39. The van der Waals surface area contributed by atoms with Crippen molar-refractivity contribution in [2.45, 2.75) is 63.3 Å². The van der Waals surface area contributed by atoms with Gasteiger partial charge in [-0.3, -0.25) is 43.8 Å². The molecule has 5 heterocycles. The molecule has 292 valence electrons.